The Labute approximate surface area is 245 Å². The largest absolute Gasteiger partial charge is 0.377 e. The van der Waals surface area contributed by atoms with Crippen molar-refractivity contribution in [1.82, 2.24) is 24.9 Å². The molecule has 0 amide bonds. The molecule has 6 aromatic rings. The minimum absolute atomic E-state index is 0.434. The summed E-state index contributed by atoms with van der Waals surface area (Å²) in [4.78, 5) is 27.9. The van der Waals surface area contributed by atoms with E-state index in [1.54, 1.807) is 0 Å². The fourth-order valence-electron chi connectivity index (χ4n) is 5.03. The highest BCUT2D eigenvalue weighted by atomic mass is 15.2. The predicted octanol–water partition coefficient (Wildman–Crippen LogP) is 6.87. The highest BCUT2D eigenvalue weighted by molar-refractivity contribution is 5.95. The Bertz CT molecular complexity index is 1800. The Morgan fingerprint density at radius 1 is 0.524 bits per heavy atom. The van der Waals surface area contributed by atoms with Crippen LogP contribution in [-0.4, -0.2) is 53.1 Å². The van der Waals surface area contributed by atoms with Gasteiger partial charge >= 0.3 is 0 Å². The zero-order valence-electron chi connectivity index (χ0n) is 24.6. The van der Waals surface area contributed by atoms with Gasteiger partial charge in [-0.05, 0) is 62.4 Å². The molecule has 3 aromatic heterocycles. The van der Waals surface area contributed by atoms with Gasteiger partial charge in [-0.3, -0.25) is 9.97 Å². The molecule has 2 N–H and O–H groups in total. The minimum atomic E-state index is 0.434. The molecule has 0 aliphatic rings. The van der Waals surface area contributed by atoms with E-state index in [4.69, 9.17) is 24.9 Å². The van der Waals surface area contributed by atoms with Crippen molar-refractivity contribution >= 4 is 56.5 Å². The number of hydrogen-bond acceptors (Lipinski definition) is 9. The van der Waals surface area contributed by atoms with Gasteiger partial charge in [0, 0.05) is 78.7 Å². The number of benzene rings is 3. The molecule has 3 heterocycles. The smallest absolute Gasteiger partial charge is 0.232 e. The predicted molar refractivity (Wildman–Crippen MR) is 173 cm³/mol. The first-order chi connectivity index (χ1) is 20.2. The monoisotopic (exact) mass is 555 g/mol. The summed E-state index contributed by atoms with van der Waals surface area (Å²) in [5.74, 6) is 1.43. The molecule has 0 fully saturated rings. The van der Waals surface area contributed by atoms with Crippen LogP contribution < -0.4 is 20.4 Å². The molecule has 0 atom stereocenters. The zero-order chi connectivity index (χ0) is 29.4. The Kier molecular flexibility index (Phi) is 7.00. The van der Waals surface area contributed by atoms with E-state index in [0.717, 1.165) is 61.5 Å². The Morgan fingerprint density at radius 3 is 1.45 bits per heavy atom. The number of aromatic nitrogens is 5. The average molecular weight is 556 g/mol. The number of nitrogens with zero attached hydrogens (tertiary/aromatic N) is 7. The van der Waals surface area contributed by atoms with E-state index in [9.17, 15) is 0 Å². The van der Waals surface area contributed by atoms with Crippen LogP contribution in [0.3, 0.4) is 0 Å². The summed E-state index contributed by atoms with van der Waals surface area (Å²) in [7, 11) is 8.15. The fraction of sp³-hybridized carbons (Fsp3) is 0.182. The summed E-state index contributed by atoms with van der Waals surface area (Å²) in [6, 6.07) is 26.3. The number of fused-ring (bicyclic) bond motifs is 2. The summed E-state index contributed by atoms with van der Waals surface area (Å²) in [5, 5.41) is 8.90. The lowest BCUT2D eigenvalue weighted by Gasteiger charge is -2.17. The van der Waals surface area contributed by atoms with Crippen LogP contribution in [0.15, 0.2) is 78.9 Å². The Balaban J connectivity index is 1.40. The van der Waals surface area contributed by atoms with Crippen molar-refractivity contribution in [2.45, 2.75) is 13.8 Å². The van der Waals surface area contributed by atoms with Crippen molar-refractivity contribution in [2.24, 2.45) is 0 Å². The molecule has 0 radical (unpaired) electrons. The number of rotatable bonds is 7. The fourth-order valence-corrected chi connectivity index (χ4v) is 5.03. The zero-order valence-corrected chi connectivity index (χ0v) is 24.6. The highest BCUT2D eigenvalue weighted by Gasteiger charge is 2.13. The first kappa shape index (κ1) is 26.9. The topological polar surface area (TPSA) is 95.0 Å². The lowest BCUT2D eigenvalue weighted by Crippen LogP contribution is -2.10. The lowest BCUT2D eigenvalue weighted by molar-refractivity contribution is 1.07. The van der Waals surface area contributed by atoms with Crippen molar-refractivity contribution in [2.75, 3.05) is 48.6 Å². The minimum Gasteiger partial charge on any atom is -0.377 e. The van der Waals surface area contributed by atoms with Gasteiger partial charge < -0.3 is 20.4 Å². The van der Waals surface area contributed by atoms with Crippen LogP contribution in [0.4, 0.5) is 34.6 Å². The van der Waals surface area contributed by atoms with Crippen LogP contribution in [0.25, 0.3) is 33.2 Å². The van der Waals surface area contributed by atoms with E-state index in [0.29, 0.717) is 17.7 Å². The first-order valence-corrected chi connectivity index (χ1v) is 13.8. The molecular formula is C33H33N9. The second-order valence-electron chi connectivity index (χ2n) is 10.7. The molecule has 210 valence electrons. The van der Waals surface area contributed by atoms with E-state index in [1.807, 2.05) is 96.6 Å². The van der Waals surface area contributed by atoms with Gasteiger partial charge in [-0.2, -0.15) is 15.0 Å². The molecule has 9 heteroatoms. The van der Waals surface area contributed by atoms with Gasteiger partial charge in [0.1, 0.15) is 0 Å². The normalized spacial score (nSPS) is 11.1. The molecule has 9 nitrogen and oxygen atoms in total. The Morgan fingerprint density at radius 2 is 1.00 bits per heavy atom. The molecule has 0 saturated carbocycles. The molecule has 6 rings (SSSR count). The van der Waals surface area contributed by atoms with Crippen LogP contribution in [0.1, 0.15) is 11.4 Å². The first-order valence-electron chi connectivity index (χ1n) is 13.8. The summed E-state index contributed by atoms with van der Waals surface area (Å²) in [6.45, 7) is 4.02. The molecule has 0 aliphatic carbocycles. The maximum absolute atomic E-state index is 4.77. The molecule has 0 aliphatic heterocycles. The van der Waals surface area contributed by atoms with Crippen molar-refractivity contribution in [3.05, 3.63) is 90.3 Å². The van der Waals surface area contributed by atoms with Gasteiger partial charge in [-0.25, -0.2) is 0 Å². The van der Waals surface area contributed by atoms with Gasteiger partial charge in [0.25, 0.3) is 0 Å². The summed E-state index contributed by atoms with van der Waals surface area (Å²) >= 11 is 0. The van der Waals surface area contributed by atoms with Gasteiger partial charge in [0.15, 0.2) is 5.82 Å². The van der Waals surface area contributed by atoms with Crippen LogP contribution >= 0.6 is 0 Å². The molecular weight excluding hydrogens is 522 g/mol. The second-order valence-corrected chi connectivity index (χ2v) is 10.7. The van der Waals surface area contributed by atoms with Gasteiger partial charge in [-0.15, -0.1) is 0 Å². The number of hydrogen-bond donors (Lipinski definition) is 2. The standard InChI is InChI=1S/C33H33N9/c1-20-16-29(41(3)4)25-18-23(12-14-27(25)34-20)36-32-38-31(22-10-8-7-9-11-22)39-33(40-32)37-24-13-15-28-26(19-24)30(42(5)6)17-21(2)35-28/h7-19H,1-6H3,(H2,36,37,38,39,40). The summed E-state index contributed by atoms with van der Waals surface area (Å²) < 4.78 is 0. The van der Waals surface area contributed by atoms with Crippen molar-refractivity contribution in [1.29, 1.82) is 0 Å². The second kappa shape index (κ2) is 10.9. The van der Waals surface area contributed by atoms with Crippen molar-refractivity contribution in [3.63, 3.8) is 0 Å². The van der Waals surface area contributed by atoms with Crippen LogP contribution in [0, 0.1) is 13.8 Å². The van der Waals surface area contributed by atoms with E-state index >= 15 is 0 Å². The third-order valence-corrected chi connectivity index (χ3v) is 6.97. The van der Waals surface area contributed by atoms with Gasteiger partial charge in [0.05, 0.1) is 11.0 Å². The number of aryl methyl sites for hydroxylation is 2. The van der Waals surface area contributed by atoms with E-state index < -0.39 is 0 Å². The Hall–Kier alpha value is -5.31. The molecule has 0 saturated heterocycles. The van der Waals surface area contributed by atoms with Crippen molar-refractivity contribution in [3.8, 4) is 11.4 Å². The molecule has 0 spiro atoms. The van der Waals surface area contributed by atoms with Gasteiger partial charge in [0.2, 0.25) is 11.9 Å². The SMILES string of the molecule is Cc1cc(N(C)C)c2cc(Nc3nc(Nc4ccc5nc(C)cc(N(C)C)c5c4)nc(-c4ccccc4)n3)ccc2n1. The lowest BCUT2D eigenvalue weighted by atomic mass is 10.1. The number of anilines is 6. The summed E-state index contributed by atoms with van der Waals surface area (Å²) in [5.41, 5.74) is 8.63. The molecule has 3 aromatic carbocycles. The van der Waals surface area contributed by atoms with Crippen LogP contribution in [0.2, 0.25) is 0 Å². The van der Waals surface area contributed by atoms with Crippen molar-refractivity contribution < 1.29 is 0 Å². The third kappa shape index (κ3) is 5.49. The average Bonchev–Trinajstić information content (AvgIpc) is 2.97. The third-order valence-electron chi connectivity index (χ3n) is 6.97. The molecule has 0 unspecified atom stereocenters. The maximum Gasteiger partial charge on any atom is 0.232 e. The van der Waals surface area contributed by atoms with E-state index in [-0.39, 0.29) is 0 Å². The van der Waals surface area contributed by atoms with Crippen LogP contribution in [0.5, 0.6) is 0 Å². The quantitative estimate of drug-likeness (QED) is 0.219. The van der Waals surface area contributed by atoms with Gasteiger partial charge in [-0.1, -0.05) is 30.3 Å². The number of nitrogens with one attached hydrogen (secondary N) is 2. The summed E-state index contributed by atoms with van der Waals surface area (Å²) in [6.07, 6.45) is 0. The highest BCUT2D eigenvalue weighted by Crippen LogP contribution is 2.31. The number of pyridine rings is 2. The molecule has 42 heavy (non-hydrogen) atoms. The maximum atomic E-state index is 4.77. The molecule has 0 bridgehead atoms. The van der Waals surface area contributed by atoms with E-state index in [2.05, 4.69) is 44.7 Å². The van der Waals surface area contributed by atoms with E-state index in [1.165, 1.54) is 0 Å². The van der Waals surface area contributed by atoms with Crippen LogP contribution in [-0.2, 0) is 0 Å².